The van der Waals surface area contributed by atoms with Gasteiger partial charge in [-0.05, 0) is 35.6 Å². The predicted octanol–water partition coefficient (Wildman–Crippen LogP) is 2.46. The third-order valence-corrected chi connectivity index (χ3v) is 4.53. The van der Waals surface area contributed by atoms with Crippen molar-refractivity contribution in [3.8, 4) is 11.4 Å². The van der Waals surface area contributed by atoms with Crippen LogP contribution < -0.4 is 5.32 Å². The summed E-state index contributed by atoms with van der Waals surface area (Å²) in [6.45, 7) is 6.24. The molecule has 148 valence electrons. The van der Waals surface area contributed by atoms with E-state index in [-0.39, 0.29) is 30.2 Å². The minimum atomic E-state index is -0.291. The minimum absolute atomic E-state index is 0.0816. The van der Waals surface area contributed by atoms with Gasteiger partial charge in [0.1, 0.15) is 22.5 Å². The number of amides is 1. The van der Waals surface area contributed by atoms with Crippen LogP contribution in [0.5, 0.6) is 5.75 Å². The number of hydrogen-bond donors (Lipinski definition) is 3. The number of carbonyl (C=O) groups is 1. The molecule has 0 aliphatic rings. The molecule has 0 aliphatic heterocycles. The smallest absolute Gasteiger partial charge is 0.220 e. The van der Waals surface area contributed by atoms with Crippen LogP contribution >= 0.6 is 0 Å². The van der Waals surface area contributed by atoms with E-state index in [0.717, 1.165) is 22.2 Å². The molecule has 0 unspecified atom stereocenters. The highest BCUT2D eigenvalue weighted by Gasteiger charge is 2.23. The van der Waals surface area contributed by atoms with Crippen molar-refractivity contribution < 1.29 is 15.0 Å². The normalized spacial score (nSPS) is 11.7. The van der Waals surface area contributed by atoms with Gasteiger partial charge < -0.3 is 15.5 Å². The molecule has 7 nitrogen and oxygen atoms in total. The summed E-state index contributed by atoms with van der Waals surface area (Å²) in [7, 11) is 0. The molecule has 1 heterocycles. The maximum atomic E-state index is 11.9. The Balaban J connectivity index is 1.99. The van der Waals surface area contributed by atoms with Gasteiger partial charge in [0.05, 0.1) is 6.61 Å². The lowest BCUT2D eigenvalue weighted by Gasteiger charge is -2.23. The number of benzene rings is 2. The first-order valence-corrected chi connectivity index (χ1v) is 9.36. The van der Waals surface area contributed by atoms with Gasteiger partial charge in [0.2, 0.25) is 5.91 Å². The first-order chi connectivity index (χ1) is 13.3. The molecule has 0 saturated heterocycles. The fraction of sp³-hybridized carbons (Fsp3) is 0.381. The molecule has 0 fully saturated rings. The van der Waals surface area contributed by atoms with Crippen LogP contribution in [0, 0.1) is 0 Å². The Morgan fingerprint density at radius 3 is 2.36 bits per heavy atom. The van der Waals surface area contributed by atoms with Crippen molar-refractivity contribution in [2.75, 3.05) is 13.2 Å². The number of fused-ring (bicyclic) bond motifs is 1. The zero-order chi connectivity index (χ0) is 20.3. The Hall–Kier alpha value is -2.93. The second kappa shape index (κ2) is 7.98. The van der Waals surface area contributed by atoms with Crippen molar-refractivity contribution >= 4 is 16.9 Å². The molecular formula is C21H26N4O3. The van der Waals surface area contributed by atoms with Crippen molar-refractivity contribution in [2.24, 2.45) is 0 Å². The molecule has 28 heavy (non-hydrogen) atoms. The number of rotatable bonds is 6. The van der Waals surface area contributed by atoms with Gasteiger partial charge in [-0.15, -0.1) is 15.0 Å². The summed E-state index contributed by atoms with van der Waals surface area (Å²) in [5, 5.41) is 31.4. The lowest BCUT2D eigenvalue weighted by molar-refractivity contribution is -0.121. The van der Waals surface area contributed by atoms with Crippen LogP contribution in [-0.2, 0) is 16.6 Å². The third kappa shape index (κ3) is 4.31. The van der Waals surface area contributed by atoms with Crippen molar-refractivity contribution in [2.45, 2.75) is 39.0 Å². The number of aliphatic hydroxyl groups is 1. The van der Waals surface area contributed by atoms with Gasteiger partial charge in [0, 0.05) is 18.5 Å². The third-order valence-electron chi connectivity index (χ3n) is 4.53. The van der Waals surface area contributed by atoms with Crippen LogP contribution in [-0.4, -0.2) is 44.3 Å². The number of nitrogens with one attached hydrogen (secondary N) is 1. The van der Waals surface area contributed by atoms with E-state index in [0.29, 0.717) is 18.5 Å². The van der Waals surface area contributed by atoms with Gasteiger partial charge in [-0.2, -0.15) is 0 Å². The van der Waals surface area contributed by atoms with Crippen molar-refractivity contribution in [1.29, 1.82) is 0 Å². The number of hydrogen-bond acceptors (Lipinski definition) is 5. The maximum absolute atomic E-state index is 11.9. The van der Waals surface area contributed by atoms with Crippen LogP contribution in [0.4, 0.5) is 0 Å². The second-order valence-corrected chi connectivity index (χ2v) is 7.81. The quantitative estimate of drug-likeness (QED) is 0.608. The zero-order valence-corrected chi connectivity index (χ0v) is 16.4. The molecule has 3 rings (SSSR count). The summed E-state index contributed by atoms with van der Waals surface area (Å²) in [4.78, 5) is 13.3. The first-order valence-electron chi connectivity index (χ1n) is 9.36. The largest absolute Gasteiger partial charge is 0.505 e. The fourth-order valence-corrected chi connectivity index (χ4v) is 3.05. The summed E-state index contributed by atoms with van der Waals surface area (Å²) < 4.78 is 0. The number of aliphatic hydroxyl groups excluding tert-OH is 1. The average molecular weight is 382 g/mol. The van der Waals surface area contributed by atoms with Crippen LogP contribution in [0.15, 0.2) is 36.4 Å². The molecule has 7 heteroatoms. The summed E-state index contributed by atoms with van der Waals surface area (Å²) in [5.41, 5.74) is 3.38. The van der Waals surface area contributed by atoms with Gasteiger partial charge in [-0.3, -0.25) is 4.79 Å². The van der Waals surface area contributed by atoms with Gasteiger partial charge in [-0.1, -0.05) is 39.0 Å². The summed E-state index contributed by atoms with van der Waals surface area (Å²) >= 11 is 0. The van der Waals surface area contributed by atoms with E-state index in [4.69, 9.17) is 5.11 Å². The highest BCUT2D eigenvalue weighted by Crippen LogP contribution is 2.36. The Morgan fingerprint density at radius 1 is 1.14 bits per heavy atom. The van der Waals surface area contributed by atoms with Crippen molar-refractivity contribution in [3.63, 3.8) is 0 Å². The van der Waals surface area contributed by atoms with Gasteiger partial charge in [-0.25, -0.2) is 0 Å². The number of carbonyl (C=O) groups excluding carboxylic acids is 1. The SMILES string of the molecule is CC(C)(C)c1cc(CCC(=O)NCCO)cc(-n2nc3ccccc3n2)c1O. The lowest BCUT2D eigenvalue weighted by Crippen LogP contribution is -2.26. The maximum Gasteiger partial charge on any atom is 0.220 e. The Bertz CT molecular complexity index is 956. The molecule has 1 amide bonds. The molecule has 0 bridgehead atoms. The highest BCUT2D eigenvalue weighted by molar-refractivity contribution is 5.76. The Kier molecular flexibility index (Phi) is 5.65. The predicted molar refractivity (Wildman–Crippen MR) is 108 cm³/mol. The van der Waals surface area contributed by atoms with Crippen LogP contribution in [0.1, 0.15) is 38.3 Å². The molecule has 0 aliphatic carbocycles. The van der Waals surface area contributed by atoms with E-state index in [9.17, 15) is 9.90 Å². The number of aromatic hydroxyl groups is 1. The monoisotopic (exact) mass is 382 g/mol. The summed E-state index contributed by atoms with van der Waals surface area (Å²) in [6.07, 6.45) is 0.802. The van der Waals surface area contributed by atoms with Crippen molar-refractivity contribution in [1.82, 2.24) is 20.3 Å². The highest BCUT2D eigenvalue weighted by atomic mass is 16.3. The summed E-state index contributed by atoms with van der Waals surface area (Å²) in [6, 6.07) is 11.3. The first kappa shape index (κ1) is 19.8. The molecule has 0 atom stereocenters. The molecule has 0 spiro atoms. The Labute approximate surface area is 164 Å². The zero-order valence-electron chi connectivity index (χ0n) is 16.4. The number of aromatic nitrogens is 3. The topological polar surface area (TPSA) is 100 Å². The molecule has 0 radical (unpaired) electrons. The van der Waals surface area contributed by atoms with Crippen molar-refractivity contribution in [3.05, 3.63) is 47.5 Å². The van der Waals surface area contributed by atoms with Gasteiger partial charge in [0.15, 0.2) is 0 Å². The van der Waals surface area contributed by atoms with E-state index in [1.54, 1.807) is 0 Å². The van der Waals surface area contributed by atoms with Crippen LogP contribution in [0.2, 0.25) is 0 Å². The van der Waals surface area contributed by atoms with Crippen LogP contribution in [0.3, 0.4) is 0 Å². The molecular weight excluding hydrogens is 356 g/mol. The number of phenolic OH excluding ortho intramolecular Hbond substituents is 1. The number of aryl methyl sites for hydroxylation is 1. The molecule has 0 saturated carbocycles. The Morgan fingerprint density at radius 2 is 1.79 bits per heavy atom. The number of nitrogens with zero attached hydrogens (tertiary/aromatic N) is 3. The molecule has 3 N–H and O–H groups in total. The van der Waals surface area contributed by atoms with E-state index in [1.807, 2.05) is 57.2 Å². The molecule has 2 aromatic carbocycles. The standard InChI is InChI=1S/C21H26N4O3/c1-21(2,3)15-12-14(8-9-19(27)22-10-11-26)13-18(20(15)28)25-23-16-6-4-5-7-17(16)24-25/h4-7,12-13,26,28H,8-11H2,1-3H3,(H,22,27). The summed E-state index contributed by atoms with van der Waals surface area (Å²) in [5.74, 6) is 0.0187. The van der Waals surface area contributed by atoms with E-state index >= 15 is 0 Å². The van der Waals surface area contributed by atoms with Gasteiger partial charge in [0.25, 0.3) is 0 Å². The number of phenols is 1. The minimum Gasteiger partial charge on any atom is -0.505 e. The average Bonchev–Trinajstić information content (AvgIpc) is 3.08. The van der Waals surface area contributed by atoms with E-state index in [1.165, 1.54) is 4.80 Å². The van der Waals surface area contributed by atoms with E-state index < -0.39 is 0 Å². The lowest BCUT2D eigenvalue weighted by atomic mass is 9.84. The van der Waals surface area contributed by atoms with E-state index in [2.05, 4.69) is 15.5 Å². The van der Waals surface area contributed by atoms with Crippen LogP contribution in [0.25, 0.3) is 16.7 Å². The second-order valence-electron chi connectivity index (χ2n) is 7.81. The van der Waals surface area contributed by atoms with Gasteiger partial charge >= 0.3 is 0 Å². The molecule has 3 aromatic rings. The fourth-order valence-electron chi connectivity index (χ4n) is 3.05. The molecule has 1 aromatic heterocycles.